The maximum absolute atomic E-state index is 13.0. The van der Waals surface area contributed by atoms with E-state index in [9.17, 15) is 10.1 Å². The average Bonchev–Trinajstić information content (AvgIpc) is 3.63. The van der Waals surface area contributed by atoms with Gasteiger partial charge in [-0.1, -0.05) is 12.1 Å². The Bertz CT molecular complexity index is 1480. The molecular weight excluding hydrogens is 444 g/mol. The maximum Gasteiger partial charge on any atom is 0.318 e. The molecule has 1 N–H and O–H groups in total. The molecule has 10 nitrogen and oxygen atoms in total. The van der Waals surface area contributed by atoms with Gasteiger partial charge in [0.15, 0.2) is 0 Å². The van der Waals surface area contributed by atoms with Crippen LogP contribution >= 0.6 is 0 Å². The quantitative estimate of drug-likeness (QED) is 0.481. The van der Waals surface area contributed by atoms with Crippen LogP contribution in [0.4, 0.5) is 4.79 Å². The van der Waals surface area contributed by atoms with Gasteiger partial charge in [-0.15, -0.1) is 0 Å². The van der Waals surface area contributed by atoms with E-state index in [0.717, 1.165) is 33.3 Å². The summed E-state index contributed by atoms with van der Waals surface area (Å²) in [5.41, 5.74) is 5.82. The van der Waals surface area contributed by atoms with E-state index < -0.39 is 0 Å². The van der Waals surface area contributed by atoms with Crippen LogP contribution in [-0.4, -0.2) is 55.5 Å². The van der Waals surface area contributed by atoms with Crippen LogP contribution in [0.15, 0.2) is 55.3 Å². The minimum Gasteiger partial charge on any atom is -0.481 e. The summed E-state index contributed by atoms with van der Waals surface area (Å²) in [6, 6.07) is 7.53. The number of aryl methyl sites for hydroxylation is 1. The number of rotatable bonds is 5. The van der Waals surface area contributed by atoms with Gasteiger partial charge in [0.1, 0.15) is 6.07 Å². The molecule has 0 saturated carbocycles. The highest BCUT2D eigenvalue weighted by atomic mass is 16.5. The van der Waals surface area contributed by atoms with E-state index in [1.54, 1.807) is 45.9 Å². The molecule has 0 aromatic carbocycles. The predicted octanol–water partition coefficient (Wildman–Crippen LogP) is 3.18. The number of nitriles is 1. The highest BCUT2D eigenvalue weighted by Crippen LogP contribution is 2.31. The Kier molecular flexibility index (Phi) is 5.66. The summed E-state index contributed by atoms with van der Waals surface area (Å²) in [4.78, 5) is 19.0. The minimum atomic E-state index is -0.217. The summed E-state index contributed by atoms with van der Waals surface area (Å²) < 4.78 is 8.56. The van der Waals surface area contributed by atoms with E-state index in [0.29, 0.717) is 24.5 Å². The van der Waals surface area contributed by atoms with Crippen molar-refractivity contribution in [3.63, 3.8) is 0 Å². The van der Waals surface area contributed by atoms with E-state index in [1.807, 2.05) is 44.6 Å². The highest BCUT2D eigenvalue weighted by Gasteiger charge is 2.25. The predicted molar refractivity (Wildman–Crippen MR) is 129 cm³/mol. The number of carbonyl (C=O) groups is 1. The standard InChI is InChI=1S/C25H24N8O2/c1-16(17-4-5-23(35-3)27-10-17)30-25(34)32-7-6-18(14-32)22-8-19(21-12-28-31(2)13-21)15-33-24(22)20(9-26)11-29-33/h4-6,8,10-13,15-16H,7,14H2,1-3H3,(H,30,34). The SMILES string of the molecule is COc1ccc(C(C)NC(=O)N2CC=C(c3cc(-c4cnn(C)c4)cn4ncc(C#N)c34)C2)cn1. The van der Waals surface area contributed by atoms with Crippen molar-refractivity contribution in [3.05, 3.63) is 71.9 Å². The fraction of sp³-hybridized carbons (Fsp3) is 0.240. The molecule has 2 amide bonds. The Hall–Kier alpha value is -4.65. The Labute approximate surface area is 202 Å². The van der Waals surface area contributed by atoms with Gasteiger partial charge in [0.25, 0.3) is 0 Å². The van der Waals surface area contributed by atoms with Crippen molar-refractivity contribution < 1.29 is 9.53 Å². The molecule has 0 spiro atoms. The lowest BCUT2D eigenvalue weighted by atomic mass is 10.0. The van der Waals surface area contributed by atoms with Gasteiger partial charge in [0, 0.05) is 61.5 Å². The Balaban J connectivity index is 1.38. The number of methoxy groups -OCH3 is 1. The molecule has 5 heterocycles. The lowest BCUT2D eigenvalue weighted by Crippen LogP contribution is -2.39. The largest absolute Gasteiger partial charge is 0.481 e. The molecule has 1 aliphatic rings. The second-order valence-electron chi connectivity index (χ2n) is 8.42. The van der Waals surface area contributed by atoms with Crippen molar-refractivity contribution in [3.8, 4) is 23.1 Å². The van der Waals surface area contributed by atoms with Gasteiger partial charge in [-0.25, -0.2) is 14.3 Å². The van der Waals surface area contributed by atoms with Crippen molar-refractivity contribution >= 4 is 17.1 Å². The van der Waals surface area contributed by atoms with Crippen LogP contribution < -0.4 is 10.1 Å². The normalized spacial score (nSPS) is 14.0. The van der Waals surface area contributed by atoms with Crippen LogP contribution in [0.2, 0.25) is 0 Å². The zero-order valence-electron chi connectivity index (χ0n) is 19.6. The summed E-state index contributed by atoms with van der Waals surface area (Å²) >= 11 is 0. The fourth-order valence-electron chi connectivity index (χ4n) is 4.21. The zero-order valence-corrected chi connectivity index (χ0v) is 19.6. The molecule has 1 atom stereocenters. The van der Waals surface area contributed by atoms with E-state index in [-0.39, 0.29) is 12.1 Å². The number of aromatic nitrogens is 5. The van der Waals surface area contributed by atoms with Crippen LogP contribution in [0, 0.1) is 11.3 Å². The molecule has 0 radical (unpaired) electrons. The summed E-state index contributed by atoms with van der Waals surface area (Å²) in [5, 5.41) is 21.3. The summed E-state index contributed by atoms with van der Waals surface area (Å²) in [5.74, 6) is 0.525. The topological polar surface area (TPSA) is 113 Å². The third-order valence-corrected chi connectivity index (χ3v) is 6.13. The van der Waals surface area contributed by atoms with Crippen LogP contribution in [0.1, 0.15) is 29.7 Å². The van der Waals surface area contributed by atoms with Gasteiger partial charge in [-0.05, 0) is 24.1 Å². The molecule has 0 bridgehead atoms. The third kappa shape index (κ3) is 4.19. The van der Waals surface area contributed by atoms with Crippen LogP contribution in [0.3, 0.4) is 0 Å². The van der Waals surface area contributed by atoms with Gasteiger partial charge in [0.2, 0.25) is 5.88 Å². The minimum absolute atomic E-state index is 0.173. The van der Waals surface area contributed by atoms with E-state index in [1.165, 1.54) is 0 Å². The van der Waals surface area contributed by atoms with Crippen molar-refractivity contribution in [2.45, 2.75) is 13.0 Å². The molecule has 0 saturated heterocycles. The molecule has 176 valence electrons. The van der Waals surface area contributed by atoms with Crippen molar-refractivity contribution in [2.75, 3.05) is 20.2 Å². The number of nitrogens with zero attached hydrogens (tertiary/aromatic N) is 7. The number of pyridine rings is 2. The molecule has 0 aliphatic carbocycles. The summed E-state index contributed by atoms with van der Waals surface area (Å²) in [7, 11) is 3.43. The number of nitrogens with one attached hydrogen (secondary N) is 1. The summed E-state index contributed by atoms with van der Waals surface area (Å²) in [6.07, 6.45) is 10.9. The van der Waals surface area contributed by atoms with Gasteiger partial charge < -0.3 is 15.0 Å². The number of ether oxygens (including phenoxy) is 1. The molecule has 1 unspecified atom stereocenters. The van der Waals surface area contributed by atoms with Gasteiger partial charge in [-0.2, -0.15) is 15.5 Å². The molecule has 0 fully saturated rings. The van der Waals surface area contributed by atoms with Gasteiger partial charge in [0.05, 0.1) is 36.6 Å². The molecule has 4 aromatic rings. The van der Waals surface area contributed by atoms with Crippen LogP contribution in [0.5, 0.6) is 5.88 Å². The molecule has 35 heavy (non-hydrogen) atoms. The lowest BCUT2D eigenvalue weighted by molar-refractivity contribution is 0.207. The monoisotopic (exact) mass is 468 g/mol. The lowest BCUT2D eigenvalue weighted by Gasteiger charge is -2.21. The Morgan fingerprint density at radius 2 is 2.06 bits per heavy atom. The van der Waals surface area contributed by atoms with Crippen molar-refractivity contribution in [2.24, 2.45) is 7.05 Å². The van der Waals surface area contributed by atoms with Crippen molar-refractivity contribution in [1.29, 1.82) is 5.26 Å². The van der Waals surface area contributed by atoms with E-state index in [4.69, 9.17) is 4.74 Å². The third-order valence-electron chi connectivity index (χ3n) is 6.13. The molecule has 1 aliphatic heterocycles. The van der Waals surface area contributed by atoms with Crippen molar-refractivity contribution in [1.82, 2.24) is 34.6 Å². The first-order chi connectivity index (χ1) is 17.0. The highest BCUT2D eigenvalue weighted by molar-refractivity contribution is 5.89. The molecule has 5 rings (SSSR count). The first-order valence-corrected chi connectivity index (χ1v) is 11.1. The fourth-order valence-corrected chi connectivity index (χ4v) is 4.21. The van der Waals surface area contributed by atoms with Gasteiger partial charge >= 0.3 is 6.03 Å². The van der Waals surface area contributed by atoms with E-state index >= 15 is 0 Å². The molecular formula is C25H24N8O2. The number of hydrogen-bond donors (Lipinski definition) is 1. The van der Waals surface area contributed by atoms with Crippen LogP contribution in [-0.2, 0) is 7.05 Å². The van der Waals surface area contributed by atoms with E-state index in [2.05, 4.69) is 26.6 Å². The smallest absolute Gasteiger partial charge is 0.318 e. The first-order valence-electron chi connectivity index (χ1n) is 11.1. The number of carbonyl (C=O) groups excluding carboxylic acids is 1. The second kappa shape index (κ2) is 8.95. The van der Waals surface area contributed by atoms with Gasteiger partial charge in [-0.3, -0.25) is 4.68 Å². The Morgan fingerprint density at radius 1 is 1.20 bits per heavy atom. The maximum atomic E-state index is 13.0. The number of amides is 2. The number of fused-ring (bicyclic) bond motifs is 1. The Morgan fingerprint density at radius 3 is 2.74 bits per heavy atom. The zero-order chi connectivity index (χ0) is 24.5. The molecule has 4 aromatic heterocycles. The number of urea groups is 1. The molecule has 10 heteroatoms. The number of hydrogen-bond acceptors (Lipinski definition) is 6. The first kappa shape index (κ1) is 22.2. The average molecular weight is 469 g/mol. The van der Waals surface area contributed by atoms with Crippen LogP contribution in [0.25, 0.3) is 22.2 Å². The second-order valence-corrected chi connectivity index (χ2v) is 8.42. The summed E-state index contributed by atoms with van der Waals surface area (Å²) in [6.45, 7) is 2.80.